The second kappa shape index (κ2) is 20.4. The number of nitrogens with zero attached hydrogens (tertiary/aromatic N) is 4. The zero-order valence-electron chi connectivity index (χ0n) is 47.9. The normalized spacial score (nSPS) is 11.7. The fourth-order valence-electron chi connectivity index (χ4n) is 14.2. The summed E-state index contributed by atoms with van der Waals surface area (Å²) in [4.78, 5) is 4.83. The van der Waals surface area contributed by atoms with Gasteiger partial charge in [-0.15, -0.1) is 0 Å². The number of rotatable bonds is 10. The molecule has 408 valence electrons. The molecule has 0 saturated heterocycles. The number of para-hydroxylation sites is 6. The largest absolute Gasteiger partial charge is 0.310 e. The third kappa shape index (κ3) is 8.06. The highest BCUT2D eigenvalue weighted by molar-refractivity contribution is 6.26. The quantitative estimate of drug-likeness (QED) is 0.127. The minimum atomic E-state index is 1.08. The summed E-state index contributed by atoms with van der Waals surface area (Å²) in [5.41, 5.74) is 19.7. The minimum absolute atomic E-state index is 1.08. The summed E-state index contributed by atoms with van der Waals surface area (Å²) in [6.07, 6.45) is 0. The van der Waals surface area contributed by atoms with E-state index in [4.69, 9.17) is 0 Å². The van der Waals surface area contributed by atoms with Crippen LogP contribution in [-0.4, -0.2) is 9.13 Å². The number of aromatic nitrogens is 2. The summed E-state index contributed by atoms with van der Waals surface area (Å²) in [7, 11) is 0. The molecule has 0 radical (unpaired) electrons. The second-order valence-electron chi connectivity index (χ2n) is 22.8. The lowest BCUT2D eigenvalue weighted by molar-refractivity contribution is 1.17. The van der Waals surface area contributed by atoms with Crippen molar-refractivity contribution in [1.82, 2.24) is 9.13 Å². The number of benzene rings is 15. The maximum Gasteiger partial charge on any atom is 0.0541 e. The summed E-state index contributed by atoms with van der Waals surface area (Å²) >= 11 is 0. The van der Waals surface area contributed by atoms with Crippen molar-refractivity contribution in [2.75, 3.05) is 9.80 Å². The highest BCUT2D eigenvalue weighted by Crippen LogP contribution is 2.50. The van der Waals surface area contributed by atoms with Crippen molar-refractivity contribution in [3.8, 4) is 33.6 Å². The Bertz CT molecular complexity index is 5420. The lowest BCUT2D eigenvalue weighted by atomic mass is 9.83. The Morgan fingerprint density at radius 2 is 0.529 bits per heavy atom. The van der Waals surface area contributed by atoms with Crippen LogP contribution in [0.25, 0.3) is 120 Å². The van der Waals surface area contributed by atoms with Gasteiger partial charge in [-0.1, -0.05) is 218 Å². The van der Waals surface area contributed by atoms with Crippen molar-refractivity contribution < 1.29 is 0 Å². The van der Waals surface area contributed by atoms with E-state index in [2.05, 4.69) is 347 Å². The Balaban J connectivity index is 0.812. The van der Waals surface area contributed by atoms with E-state index in [0.717, 1.165) is 45.5 Å². The molecule has 0 fully saturated rings. The van der Waals surface area contributed by atoms with Gasteiger partial charge in [-0.3, -0.25) is 0 Å². The van der Waals surface area contributed by atoms with Gasteiger partial charge in [-0.25, -0.2) is 0 Å². The third-order valence-electron chi connectivity index (χ3n) is 17.9. The van der Waals surface area contributed by atoms with E-state index in [1.807, 2.05) is 0 Å². The summed E-state index contributed by atoms with van der Waals surface area (Å²) in [6, 6.07) is 118. The number of aryl methyl sites for hydroxylation is 1. The SMILES string of the molecule is Cc1ccc2c(-c3cccc4c(N(c5ccccc5)c5ccc(-n6c7ccccc7c7ccccc76)cc5)cccc34)c3ccccc3c(-c3cccc4c(N(c5ccccc5)c5ccc(-n6c7ccccc7c7ccccc76)cc5)cccc34)c2c1. The van der Waals surface area contributed by atoms with Gasteiger partial charge in [-0.2, -0.15) is 0 Å². The number of hydrogen-bond donors (Lipinski definition) is 0. The van der Waals surface area contributed by atoms with E-state index in [9.17, 15) is 0 Å². The highest BCUT2D eigenvalue weighted by atomic mass is 15.2. The third-order valence-corrected chi connectivity index (χ3v) is 17.9. The van der Waals surface area contributed by atoms with Gasteiger partial charge >= 0.3 is 0 Å². The summed E-state index contributed by atoms with van der Waals surface area (Å²) < 4.78 is 4.78. The Morgan fingerprint density at radius 3 is 0.943 bits per heavy atom. The first-order valence-corrected chi connectivity index (χ1v) is 30.0. The van der Waals surface area contributed by atoms with E-state index >= 15 is 0 Å². The maximum absolute atomic E-state index is 2.42. The van der Waals surface area contributed by atoms with Gasteiger partial charge in [0.2, 0.25) is 0 Å². The van der Waals surface area contributed by atoms with Crippen molar-refractivity contribution >= 4 is 121 Å². The molecule has 17 rings (SSSR count). The Morgan fingerprint density at radius 1 is 0.218 bits per heavy atom. The molecule has 0 unspecified atom stereocenters. The average molecular weight is 1110 g/mol. The van der Waals surface area contributed by atoms with E-state index in [1.54, 1.807) is 0 Å². The minimum Gasteiger partial charge on any atom is -0.310 e. The molecule has 0 atom stereocenters. The monoisotopic (exact) mass is 1110 g/mol. The maximum atomic E-state index is 2.42. The molecule has 87 heavy (non-hydrogen) atoms. The van der Waals surface area contributed by atoms with Crippen molar-refractivity contribution in [3.63, 3.8) is 0 Å². The van der Waals surface area contributed by atoms with Crippen molar-refractivity contribution in [1.29, 1.82) is 0 Å². The predicted octanol–water partition coefficient (Wildman–Crippen LogP) is 23.1. The molecule has 4 heteroatoms. The molecule has 15 aromatic carbocycles. The molecular weight excluding hydrogens is 1050 g/mol. The number of hydrogen-bond acceptors (Lipinski definition) is 2. The number of anilines is 6. The first-order valence-electron chi connectivity index (χ1n) is 30.0. The van der Waals surface area contributed by atoms with E-state index in [1.165, 1.54) is 115 Å². The van der Waals surface area contributed by atoms with Crippen LogP contribution in [0, 0.1) is 6.92 Å². The van der Waals surface area contributed by atoms with Gasteiger partial charge in [-0.05, 0) is 171 Å². The highest BCUT2D eigenvalue weighted by Gasteiger charge is 2.24. The lowest BCUT2D eigenvalue weighted by Crippen LogP contribution is -2.10. The average Bonchev–Trinajstić information content (AvgIpc) is 1.76. The van der Waals surface area contributed by atoms with Crippen LogP contribution >= 0.6 is 0 Å². The standard InChI is InChI=1S/C83H56N4/c1-55-44-53-74-75(54-55)83(71-37-19-35-65-63(71)33-21-43-77(65)85(57-24-6-3-7-25-57)59-47-51-61(52-48-59)87-80-40-16-12-28-68(80)69-29-13-17-41-81(69)87)73-31-9-8-30-72(73)82(74)70-36-18-34-64-62(70)32-20-42-76(64)84(56-22-4-2-5-23-56)58-45-49-60(50-46-58)86-78-38-14-10-26-66(78)67-27-11-15-39-79(67)86/h2-54H,1H3. The van der Waals surface area contributed by atoms with E-state index in [-0.39, 0.29) is 0 Å². The molecular formula is C83H56N4. The van der Waals surface area contributed by atoms with Crippen LogP contribution in [0.2, 0.25) is 0 Å². The van der Waals surface area contributed by atoms with Gasteiger partial charge in [0.05, 0.1) is 33.4 Å². The van der Waals surface area contributed by atoms with Crippen molar-refractivity contribution in [2.45, 2.75) is 6.92 Å². The molecule has 0 saturated carbocycles. The van der Waals surface area contributed by atoms with Crippen LogP contribution in [0.1, 0.15) is 5.56 Å². The predicted molar refractivity (Wildman–Crippen MR) is 370 cm³/mol. The first kappa shape index (κ1) is 50.1. The summed E-state index contributed by atoms with van der Waals surface area (Å²) in [5.74, 6) is 0. The zero-order valence-corrected chi connectivity index (χ0v) is 47.9. The summed E-state index contributed by atoms with van der Waals surface area (Å²) in [6.45, 7) is 2.22. The smallest absolute Gasteiger partial charge is 0.0541 e. The molecule has 2 heterocycles. The Hall–Kier alpha value is -11.5. The second-order valence-corrected chi connectivity index (χ2v) is 22.8. The van der Waals surface area contributed by atoms with Crippen LogP contribution in [-0.2, 0) is 0 Å². The van der Waals surface area contributed by atoms with Crippen molar-refractivity contribution in [2.24, 2.45) is 0 Å². The Kier molecular flexibility index (Phi) is 11.8. The molecule has 0 aliphatic carbocycles. The van der Waals surface area contributed by atoms with Crippen LogP contribution in [0.4, 0.5) is 34.1 Å². The molecule has 0 bridgehead atoms. The molecule has 4 nitrogen and oxygen atoms in total. The van der Waals surface area contributed by atoms with Gasteiger partial charge < -0.3 is 18.9 Å². The van der Waals surface area contributed by atoms with Gasteiger partial charge in [0.1, 0.15) is 0 Å². The first-order chi connectivity index (χ1) is 43.1. The van der Waals surface area contributed by atoms with E-state index < -0.39 is 0 Å². The van der Waals surface area contributed by atoms with Gasteiger partial charge in [0.25, 0.3) is 0 Å². The summed E-state index contributed by atoms with van der Waals surface area (Å²) in [5, 5.41) is 14.6. The molecule has 0 N–H and O–H groups in total. The molecule has 0 spiro atoms. The van der Waals surface area contributed by atoms with Crippen LogP contribution < -0.4 is 9.80 Å². The topological polar surface area (TPSA) is 16.3 Å². The zero-order chi connectivity index (χ0) is 57.5. The molecule has 0 amide bonds. The van der Waals surface area contributed by atoms with E-state index in [0.29, 0.717) is 0 Å². The van der Waals surface area contributed by atoms with Gasteiger partial charge in [0.15, 0.2) is 0 Å². The molecule has 17 aromatic rings. The van der Waals surface area contributed by atoms with Crippen LogP contribution in [0.3, 0.4) is 0 Å². The van der Waals surface area contributed by atoms with Crippen molar-refractivity contribution in [3.05, 3.63) is 327 Å². The fraction of sp³-hybridized carbons (Fsp3) is 0.0120. The Labute approximate surface area is 504 Å². The molecule has 2 aromatic heterocycles. The van der Waals surface area contributed by atoms with Crippen LogP contribution in [0.15, 0.2) is 322 Å². The molecule has 0 aliphatic heterocycles. The van der Waals surface area contributed by atoms with Gasteiger partial charge in [0, 0.05) is 66.4 Å². The van der Waals surface area contributed by atoms with Crippen LogP contribution in [0.5, 0.6) is 0 Å². The molecule has 0 aliphatic rings. The lowest BCUT2D eigenvalue weighted by Gasteiger charge is -2.28. The number of fused-ring (bicyclic) bond motifs is 10. The fourth-order valence-corrected chi connectivity index (χ4v) is 14.2.